The number of rotatable bonds is 8. The molecule has 0 bridgehead atoms. The molecule has 0 saturated heterocycles. The fraction of sp³-hybridized carbons (Fsp3) is 0.286. The first-order chi connectivity index (χ1) is 13.6. The quantitative estimate of drug-likeness (QED) is 0.478. The predicted molar refractivity (Wildman–Crippen MR) is 106 cm³/mol. The van der Waals surface area contributed by atoms with E-state index in [0.29, 0.717) is 35.2 Å². The van der Waals surface area contributed by atoms with E-state index in [-0.39, 0.29) is 18.7 Å². The third-order valence-corrected chi connectivity index (χ3v) is 4.19. The molecule has 7 nitrogen and oxygen atoms in total. The lowest BCUT2D eigenvalue weighted by molar-refractivity contribution is 0.0495. The molecule has 28 heavy (non-hydrogen) atoms. The average Bonchev–Trinajstić information content (AvgIpc) is 2.71. The van der Waals surface area contributed by atoms with E-state index >= 15 is 0 Å². The van der Waals surface area contributed by atoms with Crippen LogP contribution in [0.3, 0.4) is 0 Å². The SMILES string of the molecule is CCCOc1cccc(C(=O)OCCCn2c(=O)[nH]c3ccccc3c2=O)c1. The third-order valence-electron chi connectivity index (χ3n) is 4.19. The summed E-state index contributed by atoms with van der Waals surface area (Å²) in [6.07, 6.45) is 1.22. The van der Waals surface area contributed by atoms with Crippen molar-refractivity contribution in [1.82, 2.24) is 9.55 Å². The first kappa shape index (κ1) is 19.4. The smallest absolute Gasteiger partial charge is 0.338 e. The maximum Gasteiger partial charge on any atom is 0.338 e. The number of hydrogen-bond donors (Lipinski definition) is 1. The topological polar surface area (TPSA) is 90.4 Å². The van der Waals surface area contributed by atoms with Crippen molar-refractivity contribution in [2.45, 2.75) is 26.3 Å². The van der Waals surface area contributed by atoms with Gasteiger partial charge in [-0.2, -0.15) is 0 Å². The molecule has 146 valence electrons. The highest BCUT2D eigenvalue weighted by atomic mass is 16.5. The summed E-state index contributed by atoms with van der Waals surface area (Å²) in [7, 11) is 0. The molecule has 1 aromatic heterocycles. The van der Waals surface area contributed by atoms with Crippen LogP contribution in [0.5, 0.6) is 5.75 Å². The standard InChI is InChI=1S/C21H22N2O5/c1-2-12-27-16-8-5-7-15(14-16)20(25)28-13-6-11-23-19(24)17-9-3-4-10-18(17)22-21(23)26/h3-5,7-10,14H,2,6,11-13H2,1H3,(H,22,26). The number of aromatic nitrogens is 2. The van der Waals surface area contributed by atoms with Crippen LogP contribution in [0.15, 0.2) is 58.1 Å². The van der Waals surface area contributed by atoms with Gasteiger partial charge in [0.05, 0.1) is 29.7 Å². The van der Waals surface area contributed by atoms with Gasteiger partial charge in [-0.15, -0.1) is 0 Å². The Morgan fingerprint density at radius 1 is 1.07 bits per heavy atom. The second-order valence-corrected chi connectivity index (χ2v) is 6.30. The molecular weight excluding hydrogens is 360 g/mol. The van der Waals surface area contributed by atoms with E-state index in [9.17, 15) is 14.4 Å². The summed E-state index contributed by atoms with van der Waals surface area (Å²) in [5.74, 6) is 0.146. The van der Waals surface area contributed by atoms with Gasteiger partial charge < -0.3 is 14.5 Å². The van der Waals surface area contributed by atoms with Crippen molar-refractivity contribution in [1.29, 1.82) is 0 Å². The Labute approximate surface area is 161 Å². The van der Waals surface area contributed by atoms with Gasteiger partial charge in [0.25, 0.3) is 5.56 Å². The molecule has 0 aliphatic rings. The highest BCUT2D eigenvalue weighted by Crippen LogP contribution is 2.14. The molecule has 7 heteroatoms. The van der Waals surface area contributed by atoms with E-state index in [1.807, 2.05) is 6.92 Å². The summed E-state index contributed by atoms with van der Waals surface area (Å²) < 4.78 is 11.9. The number of aromatic amines is 1. The van der Waals surface area contributed by atoms with Crippen molar-refractivity contribution in [2.24, 2.45) is 0 Å². The van der Waals surface area contributed by atoms with Crippen LogP contribution in [-0.4, -0.2) is 28.7 Å². The maximum atomic E-state index is 12.4. The molecule has 3 rings (SSSR count). The Morgan fingerprint density at radius 3 is 2.71 bits per heavy atom. The molecule has 3 aromatic rings. The molecule has 0 aliphatic heterocycles. The molecule has 0 atom stereocenters. The van der Waals surface area contributed by atoms with Crippen molar-refractivity contribution in [2.75, 3.05) is 13.2 Å². The normalized spacial score (nSPS) is 10.8. The van der Waals surface area contributed by atoms with E-state index in [2.05, 4.69) is 4.98 Å². The number of carbonyl (C=O) groups excluding carboxylic acids is 1. The molecular formula is C21H22N2O5. The van der Waals surface area contributed by atoms with Crippen molar-refractivity contribution in [3.05, 3.63) is 74.9 Å². The zero-order valence-corrected chi connectivity index (χ0v) is 15.6. The van der Waals surface area contributed by atoms with Crippen LogP contribution in [0, 0.1) is 0 Å². The molecule has 1 N–H and O–H groups in total. The lowest BCUT2D eigenvalue weighted by Crippen LogP contribution is -2.35. The van der Waals surface area contributed by atoms with Crippen LogP contribution in [-0.2, 0) is 11.3 Å². The van der Waals surface area contributed by atoms with E-state index in [4.69, 9.17) is 9.47 Å². The van der Waals surface area contributed by atoms with Crippen LogP contribution in [0.4, 0.5) is 0 Å². The molecule has 0 fully saturated rings. The van der Waals surface area contributed by atoms with Gasteiger partial charge in [-0.1, -0.05) is 25.1 Å². The number of hydrogen-bond acceptors (Lipinski definition) is 5. The fourth-order valence-electron chi connectivity index (χ4n) is 2.81. The minimum absolute atomic E-state index is 0.0948. The van der Waals surface area contributed by atoms with E-state index in [1.165, 1.54) is 0 Å². The Hall–Kier alpha value is -3.35. The second-order valence-electron chi connectivity index (χ2n) is 6.30. The first-order valence-electron chi connectivity index (χ1n) is 9.22. The zero-order chi connectivity index (χ0) is 19.9. The van der Waals surface area contributed by atoms with E-state index in [0.717, 1.165) is 11.0 Å². The largest absolute Gasteiger partial charge is 0.494 e. The Morgan fingerprint density at radius 2 is 1.89 bits per heavy atom. The molecule has 1 heterocycles. The minimum atomic E-state index is -0.476. The van der Waals surface area contributed by atoms with E-state index in [1.54, 1.807) is 48.5 Å². The van der Waals surface area contributed by atoms with Crippen molar-refractivity contribution in [3.8, 4) is 5.75 Å². The molecule has 0 radical (unpaired) electrons. The minimum Gasteiger partial charge on any atom is -0.494 e. The van der Waals surface area contributed by atoms with Crippen LogP contribution in [0.1, 0.15) is 30.1 Å². The molecule has 0 aliphatic carbocycles. The molecule has 0 spiro atoms. The number of para-hydroxylation sites is 1. The summed E-state index contributed by atoms with van der Waals surface area (Å²) >= 11 is 0. The molecule has 0 amide bonds. The number of fused-ring (bicyclic) bond motifs is 1. The summed E-state index contributed by atoms with van der Waals surface area (Å²) in [4.78, 5) is 39.4. The van der Waals surface area contributed by atoms with Gasteiger partial charge in [0.15, 0.2) is 0 Å². The predicted octanol–water partition coefficient (Wildman–Crippen LogP) is 2.73. The van der Waals surface area contributed by atoms with Gasteiger partial charge in [-0.05, 0) is 43.2 Å². The van der Waals surface area contributed by atoms with Crippen LogP contribution in [0.2, 0.25) is 0 Å². The Kier molecular flexibility index (Phi) is 6.26. The third kappa shape index (κ3) is 4.49. The van der Waals surface area contributed by atoms with Crippen LogP contribution >= 0.6 is 0 Å². The average molecular weight is 382 g/mol. The van der Waals surface area contributed by atoms with Gasteiger partial charge >= 0.3 is 11.7 Å². The van der Waals surface area contributed by atoms with Crippen molar-refractivity contribution < 1.29 is 14.3 Å². The number of nitrogens with one attached hydrogen (secondary N) is 1. The highest BCUT2D eigenvalue weighted by Gasteiger charge is 2.10. The van der Waals surface area contributed by atoms with Gasteiger partial charge in [-0.25, -0.2) is 9.59 Å². The lowest BCUT2D eigenvalue weighted by Gasteiger charge is -2.09. The van der Waals surface area contributed by atoms with Gasteiger partial charge in [0, 0.05) is 6.54 Å². The molecule has 0 saturated carbocycles. The van der Waals surface area contributed by atoms with Gasteiger partial charge in [0.2, 0.25) is 0 Å². The monoisotopic (exact) mass is 382 g/mol. The molecule has 0 unspecified atom stereocenters. The highest BCUT2D eigenvalue weighted by molar-refractivity contribution is 5.89. The number of nitrogens with zero attached hydrogens (tertiary/aromatic N) is 1. The van der Waals surface area contributed by atoms with Crippen molar-refractivity contribution >= 4 is 16.9 Å². The Balaban J connectivity index is 1.59. The fourth-order valence-corrected chi connectivity index (χ4v) is 2.81. The summed E-state index contributed by atoms with van der Waals surface area (Å²) in [5, 5.41) is 0.447. The Bertz CT molecular complexity index is 1080. The summed E-state index contributed by atoms with van der Waals surface area (Å²) in [6.45, 7) is 2.83. The first-order valence-corrected chi connectivity index (χ1v) is 9.22. The summed E-state index contributed by atoms with van der Waals surface area (Å²) in [6, 6.07) is 13.6. The lowest BCUT2D eigenvalue weighted by atomic mass is 10.2. The van der Waals surface area contributed by atoms with Crippen LogP contribution in [0.25, 0.3) is 10.9 Å². The number of H-pyrrole nitrogens is 1. The number of benzene rings is 2. The second kappa shape index (κ2) is 9.03. The van der Waals surface area contributed by atoms with Gasteiger partial charge in [0.1, 0.15) is 5.75 Å². The van der Waals surface area contributed by atoms with Gasteiger partial charge in [-0.3, -0.25) is 9.36 Å². The zero-order valence-electron chi connectivity index (χ0n) is 15.6. The molecule has 2 aromatic carbocycles. The van der Waals surface area contributed by atoms with Crippen molar-refractivity contribution in [3.63, 3.8) is 0 Å². The van der Waals surface area contributed by atoms with E-state index < -0.39 is 11.7 Å². The number of carbonyl (C=O) groups is 1. The number of ether oxygens (including phenoxy) is 2. The number of esters is 1. The van der Waals surface area contributed by atoms with Crippen LogP contribution < -0.4 is 16.0 Å². The summed E-state index contributed by atoms with van der Waals surface area (Å²) in [5.41, 5.74) is 0.0712. The maximum absolute atomic E-state index is 12.4.